The Hall–Kier alpha value is -2.64. The zero-order valence-corrected chi connectivity index (χ0v) is 14.5. The van der Waals surface area contributed by atoms with Crippen molar-refractivity contribution in [1.29, 1.82) is 0 Å². The highest BCUT2D eigenvalue weighted by atomic mass is 19.4. The molecule has 0 aliphatic carbocycles. The maximum atomic E-state index is 12.9. The summed E-state index contributed by atoms with van der Waals surface area (Å²) in [6, 6.07) is 7.40. The van der Waals surface area contributed by atoms with Gasteiger partial charge < -0.3 is 4.90 Å². The first-order valence-corrected chi connectivity index (χ1v) is 8.42. The summed E-state index contributed by atoms with van der Waals surface area (Å²) in [6.07, 6.45) is -1.09. The van der Waals surface area contributed by atoms with E-state index in [1.807, 2.05) is 13.0 Å². The number of benzene rings is 1. The second-order valence-electron chi connectivity index (χ2n) is 6.83. The van der Waals surface area contributed by atoms with Gasteiger partial charge in [-0.2, -0.15) is 27.8 Å². The van der Waals surface area contributed by atoms with Crippen LogP contribution in [-0.4, -0.2) is 26.1 Å². The number of anilines is 1. The molecule has 4 rings (SSSR count). The van der Waals surface area contributed by atoms with Crippen molar-refractivity contribution < 1.29 is 13.2 Å². The minimum absolute atomic E-state index is 0.420. The van der Waals surface area contributed by atoms with Crippen LogP contribution in [0.3, 0.4) is 0 Å². The molecule has 2 aromatic heterocycles. The van der Waals surface area contributed by atoms with E-state index in [1.54, 1.807) is 16.6 Å². The third-order valence-corrected chi connectivity index (χ3v) is 5.11. The number of hydrogen-bond donors (Lipinski definition) is 0. The standard InChI is InChI=1S/C18H18F3N5/c1-12-10-15(26-16(24-12)22-11-23-26)25-9-3-8-17(25,2)13-4-6-14(7-5-13)18(19,20)21/h4-7,10-11H,3,8-9H2,1-2H3. The molecule has 0 N–H and O–H groups in total. The summed E-state index contributed by atoms with van der Waals surface area (Å²) < 4.78 is 40.3. The molecule has 0 amide bonds. The van der Waals surface area contributed by atoms with Crippen molar-refractivity contribution in [3.05, 3.63) is 53.5 Å². The molecule has 0 saturated carbocycles. The lowest BCUT2D eigenvalue weighted by atomic mass is 9.88. The Bertz CT molecular complexity index is 948. The Balaban J connectivity index is 1.79. The normalized spacial score (nSPS) is 20.9. The molecule has 1 saturated heterocycles. The van der Waals surface area contributed by atoms with Crippen molar-refractivity contribution in [2.24, 2.45) is 0 Å². The van der Waals surface area contributed by atoms with E-state index >= 15 is 0 Å². The minimum atomic E-state index is -4.33. The van der Waals surface area contributed by atoms with Gasteiger partial charge in [0.1, 0.15) is 12.1 Å². The van der Waals surface area contributed by atoms with E-state index in [4.69, 9.17) is 0 Å². The summed E-state index contributed by atoms with van der Waals surface area (Å²) in [5.74, 6) is 1.37. The quantitative estimate of drug-likeness (QED) is 0.693. The zero-order chi connectivity index (χ0) is 18.5. The third-order valence-electron chi connectivity index (χ3n) is 5.11. The molecule has 0 radical (unpaired) electrons. The highest BCUT2D eigenvalue weighted by Gasteiger charge is 2.40. The molecule has 1 unspecified atom stereocenters. The van der Waals surface area contributed by atoms with Gasteiger partial charge in [-0.25, -0.2) is 4.98 Å². The molecule has 8 heteroatoms. The monoisotopic (exact) mass is 361 g/mol. The smallest absolute Gasteiger partial charge is 0.347 e. The number of nitrogens with zero attached hydrogens (tertiary/aromatic N) is 5. The highest BCUT2D eigenvalue weighted by Crippen LogP contribution is 2.42. The van der Waals surface area contributed by atoms with E-state index in [0.29, 0.717) is 5.78 Å². The third kappa shape index (κ3) is 2.60. The molecule has 0 bridgehead atoms. The van der Waals surface area contributed by atoms with E-state index < -0.39 is 17.3 Å². The van der Waals surface area contributed by atoms with Gasteiger partial charge in [-0.15, -0.1) is 0 Å². The molecule has 1 atom stereocenters. The molecule has 1 aliphatic heterocycles. The highest BCUT2D eigenvalue weighted by molar-refractivity contribution is 5.52. The molecule has 1 aliphatic rings. The zero-order valence-electron chi connectivity index (χ0n) is 14.5. The second kappa shape index (κ2) is 5.69. The van der Waals surface area contributed by atoms with Gasteiger partial charge in [0.25, 0.3) is 5.78 Å². The van der Waals surface area contributed by atoms with Crippen molar-refractivity contribution in [3.8, 4) is 0 Å². The van der Waals surface area contributed by atoms with Crippen molar-refractivity contribution in [3.63, 3.8) is 0 Å². The lowest BCUT2D eigenvalue weighted by molar-refractivity contribution is -0.137. The minimum Gasteiger partial charge on any atom is -0.347 e. The molecular formula is C18H18F3N5. The number of alkyl halides is 3. The SMILES string of the molecule is Cc1cc(N2CCCC2(C)c2ccc(C(F)(F)F)cc2)n2ncnc2n1. The Morgan fingerprint density at radius 2 is 1.88 bits per heavy atom. The van der Waals surface area contributed by atoms with Crippen LogP contribution in [0.25, 0.3) is 5.78 Å². The summed E-state index contributed by atoms with van der Waals surface area (Å²) in [4.78, 5) is 10.7. The van der Waals surface area contributed by atoms with Crippen molar-refractivity contribution >= 4 is 11.6 Å². The first-order valence-electron chi connectivity index (χ1n) is 8.42. The van der Waals surface area contributed by atoms with E-state index in [-0.39, 0.29) is 0 Å². The Morgan fingerprint density at radius 3 is 2.58 bits per heavy atom. The Kier molecular flexibility index (Phi) is 3.68. The number of aromatic nitrogens is 4. The van der Waals surface area contributed by atoms with Crippen LogP contribution in [0.1, 0.15) is 36.6 Å². The summed E-state index contributed by atoms with van der Waals surface area (Å²) in [7, 11) is 0. The van der Waals surface area contributed by atoms with Gasteiger partial charge in [-0.05, 0) is 44.4 Å². The largest absolute Gasteiger partial charge is 0.416 e. The fraction of sp³-hybridized carbons (Fsp3) is 0.389. The lowest BCUT2D eigenvalue weighted by Crippen LogP contribution is -2.40. The van der Waals surface area contributed by atoms with Crippen LogP contribution in [0.4, 0.5) is 19.0 Å². The Morgan fingerprint density at radius 1 is 1.15 bits per heavy atom. The molecule has 3 aromatic rings. The van der Waals surface area contributed by atoms with Crippen molar-refractivity contribution in [2.45, 2.75) is 38.4 Å². The number of aryl methyl sites for hydroxylation is 1. The predicted molar refractivity (Wildman–Crippen MR) is 90.9 cm³/mol. The number of rotatable bonds is 2. The molecular weight excluding hydrogens is 343 g/mol. The van der Waals surface area contributed by atoms with Gasteiger partial charge in [-0.1, -0.05) is 12.1 Å². The number of hydrogen-bond acceptors (Lipinski definition) is 4. The number of halogens is 3. The van der Waals surface area contributed by atoms with Gasteiger partial charge in [0.15, 0.2) is 0 Å². The first-order chi connectivity index (χ1) is 12.3. The molecule has 26 heavy (non-hydrogen) atoms. The van der Waals surface area contributed by atoms with Gasteiger partial charge in [0.2, 0.25) is 0 Å². The van der Waals surface area contributed by atoms with Crippen molar-refractivity contribution in [2.75, 3.05) is 11.4 Å². The van der Waals surface area contributed by atoms with E-state index in [2.05, 4.69) is 26.9 Å². The summed E-state index contributed by atoms with van der Waals surface area (Å²) in [6.45, 7) is 4.74. The first kappa shape index (κ1) is 16.8. The topological polar surface area (TPSA) is 46.3 Å². The van der Waals surface area contributed by atoms with Crippen LogP contribution in [0.5, 0.6) is 0 Å². The van der Waals surface area contributed by atoms with Gasteiger partial charge in [0, 0.05) is 18.3 Å². The Labute approximate surface area is 148 Å². The van der Waals surface area contributed by atoms with Crippen LogP contribution < -0.4 is 4.90 Å². The number of fused-ring (bicyclic) bond motifs is 1. The summed E-state index contributed by atoms with van der Waals surface area (Å²) in [5, 5.41) is 4.26. The van der Waals surface area contributed by atoms with Gasteiger partial charge >= 0.3 is 6.18 Å². The average molecular weight is 361 g/mol. The van der Waals surface area contributed by atoms with Crippen LogP contribution in [0, 0.1) is 6.92 Å². The van der Waals surface area contributed by atoms with Crippen LogP contribution in [-0.2, 0) is 11.7 Å². The summed E-state index contributed by atoms with van der Waals surface area (Å²) in [5.41, 5.74) is 0.622. The van der Waals surface area contributed by atoms with E-state index in [1.165, 1.54) is 6.33 Å². The van der Waals surface area contributed by atoms with E-state index in [9.17, 15) is 13.2 Å². The average Bonchev–Trinajstić information content (AvgIpc) is 3.20. The van der Waals surface area contributed by atoms with E-state index in [0.717, 1.165) is 48.6 Å². The molecule has 0 spiro atoms. The molecule has 136 valence electrons. The van der Waals surface area contributed by atoms with Crippen LogP contribution in [0.15, 0.2) is 36.7 Å². The van der Waals surface area contributed by atoms with Crippen LogP contribution in [0.2, 0.25) is 0 Å². The van der Waals surface area contributed by atoms with Gasteiger partial charge in [-0.3, -0.25) is 0 Å². The molecule has 1 aromatic carbocycles. The molecule has 1 fully saturated rings. The molecule has 3 heterocycles. The lowest BCUT2D eigenvalue weighted by Gasteiger charge is -2.37. The fourth-order valence-electron chi connectivity index (χ4n) is 3.75. The molecule has 5 nitrogen and oxygen atoms in total. The van der Waals surface area contributed by atoms with Crippen molar-refractivity contribution in [1.82, 2.24) is 19.6 Å². The maximum Gasteiger partial charge on any atom is 0.416 e. The fourth-order valence-corrected chi connectivity index (χ4v) is 3.75. The van der Waals surface area contributed by atoms with Crippen LogP contribution >= 0.6 is 0 Å². The summed E-state index contributed by atoms with van der Waals surface area (Å²) >= 11 is 0. The second-order valence-corrected chi connectivity index (χ2v) is 6.83. The maximum absolute atomic E-state index is 12.9. The van der Waals surface area contributed by atoms with Gasteiger partial charge in [0.05, 0.1) is 11.1 Å². The predicted octanol–water partition coefficient (Wildman–Crippen LogP) is 3.97.